The van der Waals surface area contributed by atoms with Crippen molar-refractivity contribution in [1.29, 1.82) is 0 Å². The summed E-state index contributed by atoms with van der Waals surface area (Å²) >= 11 is 1.49. The Labute approximate surface area is 210 Å². The van der Waals surface area contributed by atoms with Crippen LogP contribution in [0.4, 0.5) is 0 Å². The summed E-state index contributed by atoms with van der Waals surface area (Å²) in [5, 5.41) is 0. The minimum absolute atomic E-state index is 0.0272. The molecule has 6 heteroatoms. The number of ether oxygens (including phenoxy) is 2. The van der Waals surface area contributed by atoms with Gasteiger partial charge in [-0.15, -0.1) is 0 Å². The first-order valence-corrected chi connectivity index (χ1v) is 12.2. The normalized spacial score (nSPS) is 12.0. The first-order valence-electron chi connectivity index (χ1n) is 11.4. The summed E-state index contributed by atoms with van der Waals surface area (Å²) in [6.45, 7) is 6.46. The number of hydrogen-bond donors (Lipinski definition) is 0. The highest BCUT2D eigenvalue weighted by Crippen LogP contribution is 2.35. The van der Waals surface area contributed by atoms with Crippen molar-refractivity contribution in [1.82, 2.24) is 4.57 Å². The zero-order valence-corrected chi connectivity index (χ0v) is 21.8. The van der Waals surface area contributed by atoms with Crippen molar-refractivity contribution in [3.05, 3.63) is 88.7 Å². The van der Waals surface area contributed by atoms with E-state index in [1.165, 1.54) is 16.9 Å². The standard InChI is InChI=1S/C29H30N2O3S/c1-29(2,3)22-13-7-21(8-14-22)27(32)30-28-31(4)25(19-9-15-23(33-5)16-10-19)26(35-28)20-11-17-24(34-6)18-12-20/h7-18H,1-6H3. The molecule has 1 heterocycles. The molecule has 1 aromatic heterocycles. The van der Waals surface area contributed by atoms with Crippen molar-refractivity contribution in [3.8, 4) is 33.2 Å². The monoisotopic (exact) mass is 486 g/mol. The predicted molar refractivity (Wildman–Crippen MR) is 142 cm³/mol. The molecule has 0 saturated carbocycles. The van der Waals surface area contributed by atoms with Gasteiger partial charge in [0.25, 0.3) is 5.91 Å². The van der Waals surface area contributed by atoms with Crippen LogP contribution in [0, 0.1) is 0 Å². The van der Waals surface area contributed by atoms with Gasteiger partial charge in [0, 0.05) is 12.6 Å². The van der Waals surface area contributed by atoms with Crippen molar-refractivity contribution in [2.75, 3.05) is 14.2 Å². The third-order valence-electron chi connectivity index (χ3n) is 5.94. The molecule has 0 radical (unpaired) electrons. The Morgan fingerprint density at radius 3 is 1.80 bits per heavy atom. The average Bonchev–Trinajstić information content (AvgIpc) is 3.19. The molecule has 0 bridgehead atoms. The Hall–Kier alpha value is -3.64. The Balaban J connectivity index is 1.82. The number of hydrogen-bond acceptors (Lipinski definition) is 4. The van der Waals surface area contributed by atoms with Gasteiger partial charge in [-0.3, -0.25) is 4.79 Å². The molecule has 0 aliphatic carbocycles. The van der Waals surface area contributed by atoms with Crippen LogP contribution < -0.4 is 14.3 Å². The van der Waals surface area contributed by atoms with E-state index >= 15 is 0 Å². The molecule has 4 aromatic rings. The number of benzene rings is 3. The number of rotatable bonds is 5. The van der Waals surface area contributed by atoms with E-state index in [1.54, 1.807) is 14.2 Å². The van der Waals surface area contributed by atoms with E-state index in [9.17, 15) is 4.79 Å². The lowest BCUT2D eigenvalue weighted by Crippen LogP contribution is -2.15. The maximum atomic E-state index is 13.1. The number of thiazole rings is 1. The van der Waals surface area contributed by atoms with Gasteiger partial charge in [0.1, 0.15) is 11.5 Å². The van der Waals surface area contributed by atoms with Gasteiger partial charge < -0.3 is 14.0 Å². The first kappa shape index (κ1) is 24.5. The lowest BCUT2D eigenvalue weighted by molar-refractivity contribution is 0.0998. The van der Waals surface area contributed by atoms with Gasteiger partial charge in [-0.1, -0.05) is 44.2 Å². The fourth-order valence-electron chi connectivity index (χ4n) is 3.83. The topological polar surface area (TPSA) is 52.8 Å². The van der Waals surface area contributed by atoms with E-state index in [4.69, 9.17) is 9.47 Å². The van der Waals surface area contributed by atoms with Gasteiger partial charge in [-0.05, 0) is 82.8 Å². The summed E-state index contributed by atoms with van der Waals surface area (Å²) in [7, 11) is 5.25. The van der Waals surface area contributed by atoms with Crippen molar-refractivity contribution in [3.63, 3.8) is 0 Å². The Bertz CT molecular complexity index is 1390. The van der Waals surface area contributed by atoms with E-state index in [0.717, 1.165) is 33.2 Å². The predicted octanol–water partition coefficient (Wildman–Crippen LogP) is 6.48. The number of amides is 1. The highest BCUT2D eigenvalue weighted by molar-refractivity contribution is 7.13. The second-order valence-corrected chi connectivity index (χ2v) is 10.3. The van der Waals surface area contributed by atoms with E-state index in [0.29, 0.717) is 10.4 Å². The molecule has 0 fully saturated rings. The molecule has 3 aromatic carbocycles. The minimum Gasteiger partial charge on any atom is -0.497 e. The molecule has 0 saturated heterocycles. The molecule has 0 atom stereocenters. The number of aromatic nitrogens is 1. The Morgan fingerprint density at radius 2 is 1.31 bits per heavy atom. The van der Waals surface area contributed by atoms with Crippen LogP contribution in [0.25, 0.3) is 21.7 Å². The Morgan fingerprint density at radius 1 is 0.800 bits per heavy atom. The quantitative estimate of drug-likeness (QED) is 0.325. The molecule has 0 unspecified atom stereocenters. The Kier molecular flexibility index (Phi) is 6.94. The van der Waals surface area contributed by atoms with Gasteiger partial charge in [0.05, 0.1) is 24.8 Å². The molecule has 180 valence electrons. The summed E-state index contributed by atoms with van der Waals surface area (Å²) in [6.07, 6.45) is 0. The minimum atomic E-state index is -0.259. The zero-order chi connectivity index (χ0) is 25.2. The highest BCUT2D eigenvalue weighted by atomic mass is 32.1. The fraction of sp³-hybridized carbons (Fsp3) is 0.241. The smallest absolute Gasteiger partial charge is 0.279 e. The van der Waals surface area contributed by atoms with Crippen LogP contribution in [0.5, 0.6) is 11.5 Å². The van der Waals surface area contributed by atoms with Crippen molar-refractivity contribution < 1.29 is 14.3 Å². The second kappa shape index (κ2) is 9.92. The summed E-state index contributed by atoms with van der Waals surface area (Å²) in [5.74, 6) is 1.32. The van der Waals surface area contributed by atoms with Crippen molar-refractivity contribution >= 4 is 17.2 Å². The van der Waals surface area contributed by atoms with E-state index < -0.39 is 0 Å². The van der Waals surface area contributed by atoms with Crippen LogP contribution in [0.1, 0.15) is 36.7 Å². The lowest BCUT2D eigenvalue weighted by Gasteiger charge is -2.18. The summed E-state index contributed by atoms with van der Waals surface area (Å²) in [5.41, 5.74) is 4.80. The summed E-state index contributed by atoms with van der Waals surface area (Å²) in [4.78, 5) is 19.2. The maximum Gasteiger partial charge on any atom is 0.279 e. The SMILES string of the molecule is COc1ccc(-c2sc(=NC(=O)c3ccc(C(C)(C)C)cc3)n(C)c2-c2ccc(OC)cc2)cc1. The van der Waals surface area contributed by atoms with Crippen LogP contribution in [0.15, 0.2) is 77.8 Å². The van der Waals surface area contributed by atoms with E-state index in [-0.39, 0.29) is 11.3 Å². The summed E-state index contributed by atoms with van der Waals surface area (Å²) < 4.78 is 12.6. The van der Waals surface area contributed by atoms with Crippen LogP contribution >= 0.6 is 11.3 Å². The van der Waals surface area contributed by atoms with Gasteiger partial charge in [0.15, 0.2) is 4.80 Å². The van der Waals surface area contributed by atoms with Gasteiger partial charge in [-0.2, -0.15) is 4.99 Å². The third-order valence-corrected chi connectivity index (χ3v) is 7.12. The summed E-state index contributed by atoms with van der Waals surface area (Å²) in [6, 6.07) is 23.5. The molecule has 0 aliphatic rings. The number of carbonyl (C=O) groups is 1. The number of nitrogens with zero attached hydrogens (tertiary/aromatic N) is 2. The lowest BCUT2D eigenvalue weighted by atomic mass is 9.87. The molecular weight excluding hydrogens is 456 g/mol. The first-order chi connectivity index (χ1) is 16.7. The zero-order valence-electron chi connectivity index (χ0n) is 21.0. The van der Waals surface area contributed by atoms with Crippen LogP contribution in [-0.2, 0) is 12.5 Å². The van der Waals surface area contributed by atoms with Crippen LogP contribution in [-0.4, -0.2) is 24.7 Å². The molecule has 35 heavy (non-hydrogen) atoms. The molecular formula is C29H30N2O3S. The van der Waals surface area contributed by atoms with Crippen LogP contribution in [0.2, 0.25) is 0 Å². The van der Waals surface area contributed by atoms with Crippen molar-refractivity contribution in [2.45, 2.75) is 26.2 Å². The largest absolute Gasteiger partial charge is 0.497 e. The van der Waals surface area contributed by atoms with Gasteiger partial charge >= 0.3 is 0 Å². The molecule has 0 spiro atoms. The molecule has 0 aliphatic heterocycles. The van der Waals surface area contributed by atoms with Gasteiger partial charge in [-0.25, -0.2) is 0 Å². The second-order valence-electron chi connectivity index (χ2n) is 9.32. The van der Waals surface area contributed by atoms with E-state index in [1.807, 2.05) is 84.4 Å². The van der Waals surface area contributed by atoms with Crippen molar-refractivity contribution in [2.24, 2.45) is 12.0 Å². The molecule has 5 nitrogen and oxygen atoms in total. The molecule has 1 amide bonds. The fourth-order valence-corrected chi connectivity index (χ4v) is 4.97. The van der Waals surface area contributed by atoms with E-state index in [2.05, 4.69) is 25.8 Å². The number of methoxy groups -OCH3 is 2. The van der Waals surface area contributed by atoms with Crippen LogP contribution in [0.3, 0.4) is 0 Å². The molecule has 4 rings (SSSR count). The van der Waals surface area contributed by atoms with Gasteiger partial charge in [0.2, 0.25) is 0 Å². The third kappa shape index (κ3) is 5.23. The molecule has 0 N–H and O–H groups in total. The highest BCUT2D eigenvalue weighted by Gasteiger charge is 2.18. The maximum absolute atomic E-state index is 13.1. The number of carbonyl (C=O) groups excluding carboxylic acids is 1. The average molecular weight is 487 g/mol.